The molecule has 0 rings (SSSR count). The molecule has 0 aromatic carbocycles. The van der Waals surface area contributed by atoms with Crippen molar-refractivity contribution in [2.24, 2.45) is 0 Å². The predicted octanol–water partition coefficient (Wildman–Crippen LogP) is -0.350. The summed E-state index contributed by atoms with van der Waals surface area (Å²) in [5, 5.41) is 13.6. The van der Waals surface area contributed by atoms with Crippen LogP contribution in [-0.2, 0) is 22.4 Å². The molecule has 0 amide bonds. The molecule has 0 saturated heterocycles. The Bertz CT molecular complexity index is 29.9. The summed E-state index contributed by atoms with van der Waals surface area (Å²) in [6, 6.07) is 0. The van der Waals surface area contributed by atoms with Gasteiger partial charge in [0.15, 0.2) is 0 Å². The number of hydrogen-bond acceptors (Lipinski definition) is 2. The van der Waals surface area contributed by atoms with Gasteiger partial charge >= 0.3 is 0 Å². The van der Waals surface area contributed by atoms with Gasteiger partial charge in [-0.3, -0.25) is 0 Å². The molecule has 0 aromatic heterocycles. The standard InChI is InChI=1S/Au.HNO3/c;2-1(3)4/h;(H,2,3,4). The van der Waals surface area contributed by atoms with Gasteiger partial charge < -0.3 is 5.21 Å². The fraction of sp³-hybridized carbons (Fsp3) is 0. The molecule has 0 fully saturated rings. The van der Waals surface area contributed by atoms with Crippen LogP contribution in [-0.4, -0.2) is 10.3 Å². The van der Waals surface area contributed by atoms with E-state index in [9.17, 15) is 0 Å². The molecule has 0 aromatic rings. The first kappa shape index (κ1) is 8.87. The molecule has 0 heterocycles. The Morgan fingerprint density at radius 1 is 1.80 bits per heavy atom. The van der Waals surface area contributed by atoms with Crippen LogP contribution >= 0.6 is 0 Å². The van der Waals surface area contributed by atoms with Crippen LogP contribution in [0.25, 0.3) is 0 Å². The molecule has 0 aliphatic rings. The number of rotatable bonds is 0. The molecule has 35 valence electrons. The zero-order valence-electron chi connectivity index (χ0n) is 2.01. The van der Waals surface area contributed by atoms with Crippen molar-refractivity contribution in [2.45, 2.75) is 0 Å². The van der Waals surface area contributed by atoms with Crippen LogP contribution in [0.2, 0.25) is 0 Å². The molecular weight excluding hydrogens is 259 g/mol. The fourth-order valence-corrected chi connectivity index (χ4v) is 0. The van der Waals surface area contributed by atoms with E-state index >= 15 is 0 Å². The molecule has 0 atom stereocenters. The van der Waals surface area contributed by atoms with E-state index < -0.39 is 5.09 Å². The van der Waals surface area contributed by atoms with Crippen molar-refractivity contribution in [2.75, 3.05) is 0 Å². The largest absolute Gasteiger partial charge is 0.328 e. The molecule has 5 heteroatoms. The molecule has 0 saturated carbocycles. The van der Waals surface area contributed by atoms with Gasteiger partial charge in [-0.1, -0.05) is 0 Å². The van der Waals surface area contributed by atoms with Gasteiger partial charge in [-0.2, -0.15) is 0 Å². The average Bonchev–Trinajstić information content (AvgIpc) is 0.811. The van der Waals surface area contributed by atoms with E-state index in [1.807, 2.05) is 0 Å². The van der Waals surface area contributed by atoms with Crippen LogP contribution in [0.3, 0.4) is 0 Å². The Kier molecular flexibility index (Phi) is 6.99. The Balaban J connectivity index is 0. The number of hydrogen-bond donors (Lipinski definition) is 1. The summed E-state index contributed by atoms with van der Waals surface area (Å²) in [7, 11) is 0. The van der Waals surface area contributed by atoms with Gasteiger partial charge in [-0.15, -0.1) is 10.1 Å². The van der Waals surface area contributed by atoms with Gasteiger partial charge in [0, 0.05) is 22.4 Å². The summed E-state index contributed by atoms with van der Waals surface area (Å²) in [5.74, 6) is 0. The SMILES string of the molecule is O=[N+]([O-])O.[Au]. The molecule has 1 N–H and O–H groups in total. The summed E-state index contributed by atoms with van der Waals surface area (Å²) >= 11 is 0. The summed E-state index contributed by atoms with van der Waals surface area (Å²) in [6.45, 7) is 0. The van der Waals surface area contributed by atoms with Gasteiger partial charge in [0.05, 0.1) is 0 Å². The van der Waals surface area contributed by atoms with Crippen LogP contribution in [0.15, 0.2) is 0 Å². The first-order chi connectivity index (χ1) is 1.73. The Morgan fingerprint density at radius 3 is 1.80 bits per heavy atom. The van der Waals surface area contributed by atoms with Crippen molar-refractivity contribution in [3.05, 3.63) is 10.1 Å². The minimum atomic E-state index is -1.50. The van der Waals surface area contributed by atoms with Gasteiger partial charge in [-0.05, 0) is 0 Å². The average molecular weight is 260 g/mol. The van der Waals surface area contributed by atoms with E-state index in [4.69, 9.17) is 15.3 Å². The van der Waals surface area contributed by atoms with Crippen molar-refractivity contribution >= 4 is 0 Å². The monoisotopic (exact) mass is 260 g/mol. The van der Waals surface area contributed by atoms with Crippen molar-refractivity contribution in [1.82, 2.24) is 0 Å². The van der Waals surface area contributed by atoms with Crippen LogP contribution in [0.5, 0.6) is 0 Å². The molecule has 0 aliphatic carbocycles. The predicted molar refractivity (Wildman–Crippen MR) is 8.78 cm³/mol. The smallest absolute Gasteiger partial charge is 0.291 e. The Hall–Kier alpha value is -0.0597. The topological polar surface area (TPSA) is 63.4 Å². The van der Waals surface area contributed by atoms with Gasteiger partial charge in [0.25, 0.3) is 5.09 Å². The van der Waals surface area contributed by atoms with E-state index in [1.165, 1.54) is 0 Å². The fourth-order valence-electron chi connectivity index (χ4n) is 0. The van der Waals surface area contributed by atoms with Crippen molar-refractivity contribution in [1.29, 1.82) is 0 Å². The molecule has 1 radical (unpaired) electrons. The third-order valence-corrected chi connectivity index (χ3v) is 0. The molecule has 0 aliphatic heterocycles. The second kappa shape index (κ2) is 3.94. The second-order valence-corrected chi connectivity index (χ2v) is 0.238. The number of nitrogens with zero attached hydrogens (tertiary/aromatic N) is 1. The quantitative estimate of drug-likeness (QED) is 0.368. The minimum absolute atomic E-state index is 0. The summed E-state index contributed by atoms with van der Waals surface area (Å²) < 4.78 is 0. The van der Waals surface area contributed by atoms with Crippen molar-refractivity contribution < 1.29 is 32.7 Å². The van der Waals surface area contributed by atoms with E-state index in [1.54, 1.807) is 0 Å². The summed E-state index contributed by atoms with van der Waals surface area (Å²) in [5.41, 5.74) is 0. The van der Waals surface area contributed by atoms with Crippen LogP contribution < -0.4 is 0 Å². The Morgan fingerprint density at radius 2 is 1.80 bits per heavy atom. The zero-order chi connectivity index (χ0) is 3.58. The molecule has 0 bridgehead atoms. The minimum Gasteiger partial charge on any atom is -0.328 e. The molecular formula is HAuNO3. The van der Waals surface area contributed by atoms with Crippen LogP contribution in [0, 0.1) is 10.1 Å². The van der Waals surface area contributed by atoms with Crippen molar-refractivity contribution in [3.63, 3.8) is 0 Å². The molecule has 4 nitrogen and oxygen atoms in total. The van der Waals surface area contributed by atoms with Crippen LogP contribution in [0.1, 0.15) is 0 Å². The zero-order valence-corrected chi connectivity index (χ0v) is 4.18. The van der Waals surface area contributed by atoms with E-state index in [2.05, 4.69) is 0 Å². The Labute approximate surface area is 43.4 Å². The molecule has 0 spiro atoms. The first-order valence-electron chi connectivity index (χ1n) is 0.565. The van der Waals surface area contributed by atoms with Crippen molar-refractivity contribution in [3.8, 4) is 0 Å². The molecule has 0 unspecified atom stereocenters. The second-order valence-electron chi connectivity index (χ2n) is 0.238. The van der Waals surface area contributed by atoms with E-state index in [0.717, 1.165) is 0 Å². The van der Waals surface area contributed by atoms with E-state index in [-0.39, 0.29) is 22.4 Å². The maximum Gasteiger partial charge on any atom is 0.291 e. The third-order valence-electron chi connectivity index (χ3n) is 0. The van der Waals surface area contributed by atoms with Crippen LogP contribution in [0.4, 0.5) is 0 Å². The maximum absolute atomic E-state index is 8.36. The van der Waals surface area contributed by atoms with Gasteiger partial charge in [0.2, 0.25) is 0 Å². The van der Waals surface area contributed by atoms with E-state index in [0.29, 0.717) is 0 Å². The normalized spacial score (nSPS) is 4.80. The van der Waals surface area contributed by atoms with Gasteiger partial charge in [0.1, 0.15) is 0 Å². The summed E-state index contributed by atoms with van der Waals surface area (Å²) in [4.78, 5) is 8.36. The maximum atomic E-state index is 8.36. The third kappa shape index (κ3) is 4160. The summed E-state index contributed by atoms with van der Waals surface area (Å²) in [6.07, 6.45) is 0. The van der Waals surface area contributed by atoms with Gasteiger partial charge in [-0.25, -0.2) is 0 Å². The molecule has 5 heavy (non-hydrogen) atoms. The first-order valence-corrected chi connectivity index (χ1v) is 0.565.